The normalized spacial score (nSPS) is 13.5. The van der Waals surface area contributed by atoms with Gasteiger partial charge in [-0.05, 0) is 24.8 Å². The zero-order valence-electron chi connectivity index (χ0n) is 14.3. The van der Waals surface area contributed by atoms with Gasteiger partial charge in [-0.1, -0.05) is 55.9 Å². The highest BCUT2D eigenvalue weighted by atomic mass is 32.2. The minimum atomic E-state index is -0.321. The van der Waals surface area contributed by atoms with Crippen molar-refractivity contribution in [2.45, 2.75) is 50.1 Å². The molecule has 1 amide bonds. The molecule has 7 heteroatoms. The molecule has 0 saturated heterocycles. The highest BCUT2D eigenvalue weighted by molar-refractivity contribution is 8.00. The van der Waals surface area contributed by atoms with Crippen LogP contribution in [-0.2, 0) is 11.3 Å². The van der Waals surface area contributed by atoms with E-state index < -0.39 is 0 Å². The van der Waals surface area contributed by atoms with Crippen LogP contribution >= 0.6 is 11.8 Å². The quantitative estimate of drug-likeness (QED) is 0.718. The van der Waals surface area contributed by atoms with E-state index in [0.29, 0.717) is 18.2 Å². The Bertz CT molecular complexity index is 711. The fourth-order valence-corrected chi connectivity index (χ4v) is 3.23. The topological polar surface area (TPSA) is 79.8 Å². The predicted molar refractivity (Wildman–Crippen MR) is 96.3 cm³/mol. The van der Waals surface area contributed by atoms with Gasteiger partial charge < -0.3 is 5.32 Å². The van der Waals surface area contributed by atoms with Gasteiger partial charge in [-0.2, -0.15) is 0 Å². The molecule has 0 spiro atoms. The third-order valence-electron chi connectivity index (χ3n) is 3.77. The van der Waals surface area contributed by atoms with Crippen molar-refractivity contribution in [3.63, 3.8) is 0 Å². The van der Waals surface area contributed by atoms with Crippen LogP contribution in [-0.4, -0.2) is 32.5 Å². The van der Waals surface area contributed by atoms with Crippen molar-refractivity contribution in [2.24, 2.45) is 0 Å². The smallest absolute Gasteiger partial charge is 0.343 e. The maximum atomic E-state index is 12.3. The fourth-order valence-electron chi connectivity index (χ4n) is 2.32. The molecule has 2 aromatic rings. The summed E-state index contributed by atoms with van der Waals surface area (Å²) < 4.78 is 1.57. The molecule has 1 heterocycles. The summed E-state index contributed by atoms with van der Waals surface area (Å²) in [5, 5.41) is 9.66. The molecule has 0 aliphatic heterocycles. The number of carbonyl (C=O) groups excluding carboxylic acids is 1. The molecule has 0 aliphatic rings. The van der Waals surface area contributed by atoms with Crippen LogP contribution in [0.15, 0.2) is 40.3 Å². The Morgan fingerprint density at radius 2 is 2.04 bits per heavy atom. The number of thioether (sulfide) groups is 1. The molecule has 0 saturated carbocycles. The van der Waals surface area contributed by atoms with Crippen molar-refractivity contribution in [2.75, 3.05) is 6.54 Å². The van der Waals surface area contributed by atoms with Gasteiger partial charge in [-0.3, -0.25) is 9.36 Å². The molecule has 2 N–H and O–H groups in total. The molecule has 1 aromatic carbocycles. The number of aromatic amines is 1. The lowest BCUT2D eigenvalue weighted by Crippen LogP contribution is -2.33. The van der Waals surface area contributed by atoms with Crippen LogP contribution in [0.2, 0.25) is 0 Å². The van der Waals surface area contributed by atoms with Gasteiger partial charge >= 0.3 is 5.69 Å². The minimum Gasteiger partial charge on any atom is -0.355 e. The van der Waals surface area contributed by atoms with Gasteiger partial charge in [0.2, 0.25) is 5.91 Å². The standard InChI is InChI=1S/C17H24N4O2S/c1-4-10-21-16(23)19-20-17(21)24-13(3)15(22)18-11-12(2)14-8-6-5-7-9-14/h5-9,12-13H,4,10-11H2,1-3H3,(H,18,22)(H,19,23)/t12-,13+/m0/s1. The number of aromatic nitrogens is 3. The van der Waals surface area contributed by atoms with Gasteiger partial charge in [-0.25, -0.2) is 9.89 Å². The first kappa shape index (κ1) is 18.3. The number of nitrogens with one attached hydrogen (secondary N) is 2. The molecule has 6 nitrogen and oxygen atoms in total. The Balaban J connectivity index is 1.90. The van der Waals surface area contributed by atoms with E-state index in [1.807, 2.05) is 32.0 Å². The Morgan fingerprint density at radius 3 is 2.71 bits per heavy atom. The Hall–Kier alpha value is -2.02. The first-order valence-electron chi connectivity index (χ1n) is 8.17. The van der Waals surface area contributed by atoms with Crippen LogP contribution in [0.5, 0.6) is 0 Å². The van der Waals surface area contributed by atoms with Gasteiger partial charge in [0, 0.05) is 13.1 Å². The predicted octanol–water partition coefficient (Wildman–Crippen LogP) is 2.38. The molecule has 2 atom stereocenters. The number of nitrogens with zero attached hydrogens (tertiary/aromatic N) is 2. The minimum absolute atomic E-state index is 0.0544. The molecular weight excluding hydrogens is 324 g/mol. The second-order valence-electron chi connectivity index (χ2n) is 5.78. The summed E-state index contributed by atoms with van der Waals surface area (Å²) in [4.78, 5) is 24.0. The van der Waals surface area contributed by atoms with E-state index in [4.69, 9.17) is 0 Å². The van der Waals surface area contributed by atoms with Gasteiger partial charge in [0.1, 0.15) is 0 Å². The number of H-pyrrole nitrogens is 1. The summed E-state index contributed by atoms with van der Waals surface area (Å²) in [6.07, 6.45) is 0.835. The Labute approximate surface area is 146 Å². The first-order chi connectivity index (χ1) is 11.5. The third kappa shape index (κ3) is 4.74. The summed E-state index contributed by atoms with van der Waals surface area (Å²) in [6, 6.07) is 10.1. The van der Waals surface area contributed by atoms with Crippen LogP contribution in [0.3, 0.4) is 0 Å². The summed E-state index contributed by atoms with van der Waals surface area (Å²) in [7, 11) is 0. The summed E-state index contributed by atoms with van der Waals surface area (Å²) in [5.74, 6) is 0.192. The average Bonchev–Trinajstić information content (AvgIpc) is 2.93. The first-order valence-corrected chi connectivity index (χ1v) is 9.05. The molecule has 2 rings (SSSR count). The van der Waals surface area contributed by atoms with E-state index >= 15 is 0 Å². The van der Waals surface area contributed by atoms with Gasteiger partial charge in [0.25, 0.3) is 0 Å². The number of benzene rings is 1. The van der Waals surface area contributed by atoms with Crippen molar-refractivity contribution in [3.05, 3.63) is 46.4 Å². The van der Waals surface area contributed by atoms with Crippen LogP contribution in [0.4, 0.5) is 0 Å². The summed E-state index contributed by atoms with van der Waals surface area (Å²) in [6.45, 7) is 7.07. The largest absolute Gasteiger partial charge is 0.355 e. The lowest BCUT2D eigenvalue weighted by Gasteiger charge is -2.16. The van der Waals surface area contributed by atoms with Crippen molar-refractivity contribution < 1.29 is 4.79 Å². The maximum absolute atomic E-state index is 12.3. The highest BCUT2D eigenvalue weighted by Gasteiger charge is 2.19. The van der Waals surface area contributed by atoms with E-state index in [0.717, 1.165) is 6.42 Å². The molecule has 24 heavy (non-hydrogen) atoms. The molecule has 0 aliphatic carbocycles. The van der Waals surface area contributed by atoms with Crippen molar-refractivity contribution in [1.82, 2.24) is 20.1 Å². The van der Waals surface area contributed by atoms with Crippen LogP contribution in [0.25, 0.3) is 0 Å². The molecular formula is C17H24N4O2S. The summed E-state index contributed by atoms with van der Waals surface area (Å²) >= 11 is 1.30. The monoisotopic (exact) mass is 348 g/mol. The zero-order chi connectivity index (χ0) is 17.5. The second kappa shape index (κ2) is 8.73. The molecule has 0 unspecified atom stereocenters. The lowest BCUT2D eigenvalue weighted by atomic mass is 10.0. The van der Waals surface area contributed by atoms with Gasteiger partial charge in [0.05, 0.1) is 5.25 Å². The maximum Gasteiger partial charge on any atom is 0.343 e. The van der Waals surface area contributed by atoms with E-state index in [1.165, 1.54) is 17.3 Å². The van der Waals surface area contributed by atoms with Gasteiger partial charge in [0.15, 0.2) is 5.16 Å². The molecule has 1 aromatic heterocycles. The number of amides is 1. The van der Waals surface area contributed by atoms with Crippen LogP contribution in [0.1, 0.15) is 38.7 Å². The SMILES string of the molecule is CCCn1c(S[C@H](C)C(=O)NC[C@H](C)c2ccccc2)n[nH]c1=O. The molecule has 0 fully saturated rings. The van der Waals surface area contributed by atoms with Crippen molar-refractivity contribution in [1.29, 1.82) is 0 Å². The van der Waals surface area contributed by atoms with E-state index in [-0.39, 0.29) is 22.8 Å². The number of rotatable bonds is 8. The summed E-state index contributed by atoms with van der Waals surface area (Å²) in [5.41, 5.74) is 0.965. The van der Waals surface area contributed by atoms with Crippen molar-refractivity contribution in [3.8, 4) is 0 Å². The number of hydrogen-bond acceptors (Lipinski definition) is 4. The van der Waals surface area contributed by atoms with Crippen LogP contribution < -0.4 is 11.0 Å². The molecule has 0 bridgehead atoms. The number of carbonyl (C=O) groups is 1. The average molecular weight is 348 g/mol. The fraction of sp³-hybridized carbons (Fsp3) is 0.471. The van der Waals surface area contributed by atoms with Gasteiger partial charge in [-0.15, -0.1) is 5.10 Å². The number of hydrogen-bond donors (Lipinski definition) is 2. The Morgan fingerprint density at radius 1 is 1.33 bits per heavy atom. The second-order valence-corrected chi connectivity index (χ2v) is 7.09. The third-order valence-corrected chi connectivity index (χ3v) is 4.86. The van der Waals surface area contributed by atoms with E-state index in [1.54, 1.807) is 4.57 Å². The van der Waals surface area contributed by atoms with Crippen molar-refractivity contribution >= 4 is 17.7 Å². The highest BCUT2D eigenvalue weighted by Crippen LogP contribution is 2.20. The van der Waals surface area contributed by atoms with Crippen LogP contribution in [0, 0.1) is 0 Å². The Kier molecular flexibility index (Phi) is 6.66. The lowest BCUT2D eigenvalue weighted by molar-refractivity contribution is -0.120. The molecule has 130 valence electrons. The molecule has 0 radical (unpaired) electrons. The zero-order valence-corrected chi connectivity index (χ0v) is 15.1. The van der Waals surface area contributed by atoms with E-state index in [2.05, 4.69) is 34.6 Å². The van der Waals surface area contributed by atoms with E-state index in [9.17, 15) is 9.59 Å².